The van der Waals surface area contributed by atoms with E-state index in [1.54, 1.807) is 23.0 Å². The molecule has 10 heteroatoms. The van der Waals surface area contributed by atoms with Crippen molar-refractivity contribution in [2.45, 2.75) is 0 Å². The zero-order valence-corrected chi connectivity index (χ0v) is 19.1. The molecule has 1 N–H and O–H groups in total. The van der Waals surface area contributed by atoms with E-state index in [-0.39, 0.29) is 11.4 Å². The third kappa shape index (κ3) is 4.60. The molecule has 0 fully saturated rings. The summed E-state index contributed by atoms with van der Waals surface area (Å²) in [5.74, 6) is -1.14. The lowest BCUT2D eigenvalue weighted by Crippen LogP contribution is -2.11. The Hall–Kier alpha value is -2.82. The number of thiazole rings is 1. The lowest BCUT2D eigenvalue weighted by Gasteiger charge is -2.06. The summed E-state index contributed by atoms with van der Waals surface area (Å²) >= 11 is 6.11. The first-order valence-electron chi connectivity index (χ1n) is 8.81. The standard InChI is InChI=1S/C21H14BrF2N3O2S2/c1-29-18-8-12(7-14(22)20(18)28)10-25-27-17(19-3-2-6-30-19)11-31-21(27)26-16-5-4-13(23)9-15(16)24/h2-11,28H,1H3. The number of rotatable bonds is 5. The van der Waals surface area contributed by atoms with Crippen LogP contribution in [0.4, 0.5) is 14.5 Å². The van der Waals surface area contributed by atoms with Crippen molar-refractivity contribution < 1.29 is 18.6 Å². The summed E-state index contributed by atoms with van der Waals surface area (Å²) in [4.78, 5) is 5.72. The highest BCUT2D eigenvalue weighted by molar-refractivity contribution is 9.10. The van der Waals surface area contributed by atoms with Crippen molar-refractivity contribution >= 4 is 50.5 Å². The van der Waals surface area contributed by atoms with Crippen molar-refractivity contribution in [3.8, 4) is 22.1 Å². The van der Waals surface area contributed by atoms with Crippen LogP contribution in [-0.2, 0) is 0 Å². The van der Waals surface area contributed by atoms with Gasteiger partial charge in [0.15, 0.2) is 17.3 Å². The van der Waals surface area contributed by atoms with E-state index in [0.29, 0.717) is 20.6 Å². The highest BCUT2D eigenvalue weighted by Gasteiger charge is 2.11. The summed E-state index contributed by atoms with van der Waals surface area (Å²) in [5, 5.41) is 18.4. The van der Waals surface area contributed by atoms with E-state index in [1.807, 2.05) is 22.9 Å². The Morgan fingerprint density at radius 3 is 2.71 bits per heavy atom. The predicted molar refractivity (Wildman–Crippen MR) is 123 cm³/mol. The smallest absolute Gasteiger partial charge is 0.211 e. The summed E-state index contributed by atoms with van der Waals surface area (Å²) in [6.07, 6.45) is 1.58. The van der Waals surface area contributed by atoms with Crippen LogP contribution in [-0.4, -0.2) is 23.1 Å². The van der Waals surface area contributed by atoms with Gasteiger partial charge in [-0.15, -0.1) is 22.7 Å². The third-order valence-corrected chi connectivity index (χ3v) is 6.49. The number of benzene rings is 2. The molecular weight excluding hydrogens is 508 g/mol. The number of ether oxygens (including phenoxy) is 1. The second kappa shape index (κ2) is 9.13. The van der Waals surface area contributed by atoms with Crippen LogP contribution < -0.4 is 9.54 Å². The summed E-state index contributed by atoms with van der Waals surface area (Å²) in [6.45, 7) is 0. The summed E-state index contributed by atoms with van der Waals surface area (Å²) in [7, 11) is 1.46. The minimum Gasteiger partial charge on any atom is -0.503 e. The molecule has 4 aromatic rings. The van der Waals surface area contributed by atoms with Gasteiger partial charge in [-0.25, -0.2) is 18.4 Å². The van der Waals surface area contributed by atoms with E-state index in [1.165, 1.54) is 35.8 Å². The van der Waals surface area contributed by atoms with Gasteiger partial charge in [-0.05, 0) is 57.2 Å². The molecule has 0 radical (unpaired) electrons. The first-order valence-corrected chi connectivity index (χ1v) is 11.4. The molecule has 4 rings (SSSR count). The number of phenols is 1. The van der Waals surface area contributed by atoms with E-state index in [0.717, 1.165) is 22.7 Å². The normalized spacial score (nSPS) is 12.1. The van der Waals surface area contributed by atoms with Gasteiger partial charge in [0.1, 0.15) is 11.5 Å². The van der Waals surface area contributed by atoms with E-state index in [2.05, 4.69) is 26.0 Å². The van der Waals surface area contributed by atoms with Crippen LogP contribution in [0.5, 0.6) is 11.5 Å². The number of thiophene rings is 1. The first-order chi connectivity index (χ1) is 15.0. The molecule has 0 unspecified atom stereocenters. The Morgan fingerprint density at radius 2 is 2.00 bits per heavy atom. The van der Waals surface area contributed by atoms with Gasteiger partial charge in [0.25, 0.3) is 0 Å². The van der Waals surface area contributed by atoms with Gasteiger partial charge in [0, 0.05) is 11.4 Å². The van der Waals surface area contributed by atoms with Gasteiger partial charge in [-0.1, -0.05) is 6.07 Å². The van der Waals surface area contributed by atoms with Crippen molar-refractivity contribution in [2.75, 3.05) is 7.11 Å². The zero-order valence-electron chi connectivity index (χ0n) is 15.9. The minimum atomic E-state index is -0.756. The molecule has 0 atom stereocenters. The number of aromatic hydroxyl groups is 1. The van der Waals surface area contributed by atoms with Crippen LogP contribution in [0.25, 0.3) is 10.6 Å². The minimum absolute atomic E-state index is 0.00964. The van der Waals surface area contributed by atoms with Crippen molar-refractivity contribution in [1.82, 2.24) is 4.68 Å². The molecule has 5 nitrogen and oxygen atoms in total. The predicted octanol–water partition coefficient (Wildman–Crippen LogP) is 6.15. The molecule has 2 aromatic carbocycles. The number of nitrogens with zero attached hydrogens (tertiary/aromatic N) is 3. The fourth-order valence-corrected chi connectivity index (χ4v) is 4.81. The second-order valence-electron chi connectivity index (χ2n) is 6.20. The fraction of sp³-hybridized carbons (Fsp3) is 0.0476. The van der Waals surface area contributed by atoms with Gasteiger partial charge in [0.05, 0.1) is 28.4 Å². The monoisotopic (exact) mass is 521 g/mol. The van der Waals surface area contributed by atoms with E-state index in [9.17, 15) is 13.9 Å². The van der Waals surface area contributed by atoms with Crippen LogP contribution in [0, 0.1) is 11.6 Å². The van der Waals surface area contributed by atoms with Crippen molar-refractivity contribution in [3.05, 3.63) is 79.7 Å². The molecule has 0 aliphatic heterocycles. The van der Waals surface area contributed by atoms with Crippen molar-refractivity contribution in [2.24, 2.45) is 10.1 Å². The molecule has 0 saturated heterocycles. The van der Waals surface area contributed by atoms with Crippen molar-refractivity contribution in [1.29, 1.82) is 0 Å². The SMILES string of the molecule is COc1cc(C=Nn2c(-c3cccs3)csc2=Nc2ccc(F)cc2F)cc(Br)c1O. The molecule has 0 aliphatic rings. The van der Waals surface area contributed by atoms with Gasteiger partial charge >= 0.3 is 0 Å². The molecule has 0 amide bonds. The Morgan fingerprint density at radius 1 is 1.16 bits per heavy atom. The molecule has 2 heterocycles. The van der Waals surface area contributed by atoms with Gasteiger partial charge in [0.2, 0.25) is 4.80 Å². The highest BCUT2D eigenvalue weighted by atomic mass is 79.9. The summed E-state index contributed by atoms with van der Waals surface area (Å²) in [6, 6.07) is 10.4. The number of aromatic nitrogens is 1. The Balaban J connectivity index is 1.84. The number of hydrogen-bond acceptors (Lipinski definition) is 6. The number of phenolic OH excluding ortho intramolecular Hbond substituents is 1. The van der Waals surface area contributed by atoms with Crippen LogP contribution in [0.15, 0.2) is 67.8 Å². The number of methoxy groups -OCH3 is 1. The topological polar surface area (TPSA) is 59.1 Å². The highest BCUT2D eigenvalue weighted by Crippen LogP contribution is 2.34. The van der Waals surface area contributed by atoms with Gasteiger partial charge in [-0.2, -0.15) is 5.10 Å². The maximum atomic E-state index is 14.1. The van der Waals surface area contributed by atoms with Crippen LogP contribution in [0.2, 0.25) is 0 Å². The Bertz CT molecular complexity index is 1330. The molecular formula is C21H14BrF2N3O2S2. The maximum absolute atomic E-state index is 14.1. The first kappa shape index (κ1) is 21.4. The molecule has 0 spiro atoms. The quantitative estimate of drug-likeness (QED) is 0.320. The Labute approximate surface area is 192 Å². The van der Waals surface area contributed by atoms with E-state index >= 15 is 0 Å². The number of halogens is 3. The average Bonchev–Trinajstić information content (AvgIpc) is 3.40. The van der Waals surface area contributed by atoms with Crippen LogP contribution in [0.3, 0.4) is 0 Å². The largest absolute Gasteiger partial charge is 0.503 e. The van der Waals surface area contributed by atoms with Crippen LogP contribution in [0.1, 0.15) is 5.56 Å². The second-order valence-corrected chi connectivity index (χ2v) is 8.84. The molecule has 2 aromatic heterocycles. The van der Waals surface area contributed by atoms with E-state index < -0.39 is 11.6 Å². The third-order valence-electron chi connectivity index (χ3n) is 4.18. The lowest BCUT2D eigenvalue weighted by atomic mass is 10.2. The van der Waals surface area contributed by atoms with Crippen LogP contribution >= 0.6 is 38.6 Å². The van der Waals surface area contributed by atoms with Crippen molar-refractivity contribution in [3.63, 3.8) is 0 Å². The molecule has 0 aliphatic carbocycles. The maximum Gasteiger partial charge on any atom is 0.211 e. The van der Waals surface area contributed by atoms with E-state index in [4.69, 9.17) is 4.74 Å². The van der Waals surface area contributed by atoms with Gasteiger partial charge < -0.3 is 9.84 Å². The Kier molecular flexibility index (Phi) is 6.30. The molecule has 31 heavy (non-hydrogen) atoms. The number of hydrogen-bond donors (Lipinski definition) is 1. The summed E-state index contributed by atoms with van der Waals surface area (Å²) in [5.41, 5.74) is 1.46. The average molecular weight is 522 g/mol. The molecule has 0 saturated carbocycles. The molecule has 0 bridgehead atoms. The van der Waals surface area contributed by atoms with Gasteiger partial charge in [-0.3, -0.25) is 0 Å². The zero-order chi connectivity index (χ0) is 22.0. The molecule has 158 valence electrons. The summed E-state index contributed by atoms with van der Waals surface area (Å²) < 4.78 is 34.6. The lowest BCUT2D eigenvalue weighted by molar-refractivity contribution is 0.372. The fourth-order valence-electron chi connectivity index (χ4n) is 2.71.